The molecule has 0 aliphatic carbocycles. The summed E-state index contributed by atoms with van der Waals surface area (Å²) in [5.41, 5.74) is 1.81. The summed E-state index contributed by atoms with van der Waals surface area (Å²) >= 11 is 5.98. The summed E-state index contributed by atoms with van der Waals surface area (Å²) in [5, 5.41) is 10.8. The molecule has 3 aromatic rings. The van der Waals surface area contributed by atoms with E-state index in [2.05, 4.69) is 11.6 Å². The fourth-order valence-electron chi connectivity index (χ4n) is 2.79. The molecule has 0 saturated heterocycles. The number of ketones is 1. The van der Waals surface area contributed by atoms with Crippen LogP contribution in [0, 0.1) is 11.3 Å². The van der Waals surface area contributed by atoms with Crippen molar-refractivity contribution in [3.8, 4) is 17.6 Å². The average molecular weight is 393 g/mol. The molecule has 0 amide bonds. The summed E-state index contributed by atoms with van der Waals surface area (Å²) in [5.74, 6) is 0.682. The van der Waals surface area contributed by atoms with Gasteiger partial charge in [0.15, 0.2) is 11.5 Å². The summed E-state index contributed by atoms with van der Waals surface area (Å²) in [6.07, 6.45) is 4.74. The van der Waals surface area contributed by atoms with Crippen molar-refractivity contribution < 1.29 is 14.3 Å². The molecule has 3 rings (SSSR count). The third-order valence-corrected chi connectivity index (χ3v) is 4.34. The highest BCUT2D eigenvalue weighted by Crippen LogP contribution is 2.30. The van der Waals surface area contributed by atoms with Crippen molar-refractivity contribution in [2.24, 2.45) is 0 Å². The Morgan fingerprint density at radius 2 is 2.11 bits per heavy atom. The van der Waals surface area contributed by atoms with E-state index in [1.54, 1.807) is 48.7 Å². The molecule has 28 heavy (non-hydrogen) atoms. The van der Waals surface area contributed by atoms with Gasteiger partial charge in [-0.3, -0.25) is 4.79 Å². The maximum Gasteiger partial charge on any atom is 0.205 e. The fourth-order valence-corrected chi connectivity index (χ4v) is 2.96. The molecule has 0 unspecified atom stereocenters. The summed E-state index contributed by atoms with van der Waals surface area (Å²) in [6.45, 7) is 3.96. The number of halogens is 1. The summed E-state index contributed by atoms with van der Waals surface area (Å²) in [4.78, 5) is 15.9. The normalized spacial score (nSPS) is 11.1. The second-order valence-electron chi connectivity index (χ2n) is 5.90. The number of carbonyl (C=O) groups is 1. The van der Waals surface area contributed by atoms with E-state index < -0.39 is 0 Å². The molecule has 0 atom stereocenters. The van der Waals surface area contributed by atoms with Crippen molar-refractivity contribution in [3.05, 3.63) is 77.0 Å². The van der Waals surface area contributed by atoms with E-state index in [0.717, 1.165) is 5.52 Å². The number of ether oxygens (including phenoxy) is 2. The van der Waals surface area contributed by atoms with Crippen LogP contribution >= 0.6 is 11.6 Å². The predicted octanol–water partition coefficient (Wildman–Crippen LogP) is 5.18. The molecule has 1 aromatic heterocycles. The van der Waals surface area contributed by atoms with E-state index in [9.17, 15) is 10.1 Å². The minimum absolute atomic E-state index is 0.0117. The van der Waals surface area contributed by atoms with Crippen molar-refractivity contribution in [1.82, 2.24) is 4.98 Å². The number of benzene rings is 2. The van der Waals surface area contributed by atoms with E-state index in [1.807, 2.05) is 6.07 Å². The molecular formula is C22H17ClN2O3. The van der Waals surface area contributed by atoms with Crippen molar-refractivity contribution in [1.29, 1.82) is 5.26 Å². The first-order valence-corrected chi connectivity index (χ1v) is 8.80. The molecule has 2 aromatic carbocycles. The minimum atomic E-state index is -0.373. The van der Waals surface area contributed by atoms with Crippen LogP contribution in [0.4, 0.5) is 0 Å². The summed E-state index contributed by atoms with van der Waals surface area (Å²) in [7, 11) is 1.52. The quantitative estimate of drug-likeness (QED) is 0.260. The number of nitrogens with one attached hydrogen (secondary N) is 1. The topological polar surface area (TPSA) is 75.1 Å². The zero-order valence-electron chi connectivity index (χ0n) is 15.2. The number of aromatic nitrogens is 1. The van der Waals surface area contributed by atoms with E-state index in [-0.39, 0.29) is 11.4 Å². The highest BCUT2D eigenvalue weighted by Gasteiger charge is 2.17. The number of Topliss-reactive ketones (excluding diaryl/α,β-unsaturated/α-hetero) is 1. The number of H-pyrrole nitrogens is 1. The van der Waals surface area contributed by atoms with Crippen molar-refractivity contribution in [2.75, 3.05) is 13.7 Å². The van der Waals surface area contributed by atoms with Gasteiger partial charge in [0.05, 0.1) is 7.11 Å². The molecule has 5 nitrogen and oxygen atoms in total. The molecule has 0 radical (unpaired) electrons. The summed E-state index contributed by atoms with van der Waals surface area (Å²) < 4.78 is 10.8. The first kappa shape index (κ1) is 19.3. The van der Waals surface area contributed by atoms with Gasteiger partial charge in [-0.05, 0) is 35.9 Å². The number of fused-ring (bicyclic) bond motifs is 1. The fraction of sp³-hybridized carbons (Fsp3) is 0.0909. The predicted molar refractivity (Wildman–Crippen MR) is 110 cm³/mol. The Labute approximate surface area is 167 Å². The zero-order chi connectivity index (χ0) is 20.1. The Balaban J connectivity index is 1.96. The second kappa shape index (κ2) is 8.47. The van der Waals surface area contributed by atoms with Crippen LogP contribution in [0.25, 0.3) is 17.0 Å². The highest BCUT2D eigenvalue weighted by atomic mass is 35.5. The lowest BCUT2D eigenvalue weighted by Gasteiger charge is -2.10. The van der Waals surface area contributed by atoms with E-state index in [1.165, 1.54) is 13.2 Å². The molecule has 0 fully saturated rings. The molecule has 0 saturated carbocycles. The SMILES string of the molecule is C=CCOc1ccc(/C=C(\C#N)C(=O)c2c[nH]c3cc(Cl)ccc23)cc1OC. The molecule has 1 N–H and O–H groups in total. The van der Waals surface area contributed by atoms with E-state index in [0.29, 0.717) is 39.6 Å². The standard InChI is InChI=1S/C22H17ClN2O3/c1-3-8-28-20-7-4-14(10-21(20)27-2)9-15(12-24)22(26)18-13-25-19-11-16(23)5-6-17(18)19/h3-7,9-11,13,25H,1,8H2,2H3/b15-9+. The average Bonchev–Trinajstić information content (AvgIpc) is 3.13. The van der Waals surface area contributed by atoms with Crippen LogP contribution in [0.1, 0.15) is 15.9 Å². The molecule has 0 spiro atoms. The zero-order valence-corrected chi connectivity index (χ0v) is 15.9. The van der Waals surface area contributed by atoms with Gasteiger partial charge < -0.3 is 14.5 Å². The lowest BCUT2D eigenvalue weighted by Crippen LogP contribution is -2.01. The van der Waals surface area contributed by atoms with Gasteiger partial charge in [-0.25, -0.2) is 0 Å². The van der Waals surface area contributed by atoms with Crippen LogP contribution in [-0.4, -0.2) is 24.5 Å². The van der Waals surface area contributed by atoms with Gasteiger partial charge in [0, 0.05) is 27.7 Å². The Kier molecular flexibility index (Phi) is 5.83. The molecule has 6 heteroatoms. The largest absolute Gasteiger partial charge is 0.493 e. The first-order chi connectivity index (χ1) is 13.6. The molecular weight excluding hydrogens is 376 g/mol. The number of hydrogen-bond donors (Lipinski definition) is 1. The van der Waals surface area contributed by atoms with Gasteiger partial charge >= 0.3 is 0 Å². The highest BCUT2D eigenvalue weighted by molar-refractivity contribution is 6.31. The van der Waals surface area contributed by atoms with Crippen LogP contribution in [0.2, 0.25) is 5.02 Å². The van der Waals surface area contributed by atoms with Gasteiger partial charge in [0.1, 0.15) is 18.2 Å². The number of hydrogen-bond acceptors (Lipinski definition) is 4. The third-order valence-electron chi connectivity index (χ3n) is 4.11. The van der Waals surface area contributed by atoms with Crippen LogP contribution in [0.15, 0.2) is 60.8 Å². The van der Waals surface area contributed by atoms with Gasteiger partial charge in [-0.1, -0.05) is 36.4 Å². The second-order valence-corrected chi connectivity index (χ2v) is 6.34. The number of methoxy groups -OCH3 is 1. The number of nitriles is 1. The lowest BCUT2D eigenvalue weighted by molar-refractivity contribution is 0.104. The Morgan fingerprint density at radius 3 is 2.82 bits per heavy atom. The van der Waals surface area contributed by atoms with Crippen LogP contribution in [0.3, 0.4) is 0 Å². The minimum Gasteiger partial charge on any atom is -0.493 e. The van der Waals surface area contributed by atoms with Gasteiger partial charge in [0.2, 0.25) is 5.78 Å². The molecule has 0 aliphatic rings. The monoisotopic (exact) mass is 392 g/mol. The maximum absolute atomic E-state index is 12.9. The number of carbonyl (C=O) groups excluding carboxylic acids is 1. The van der Waals surface area contributed by atoms with Gasteiger partial charge in [-0.15, -0.1) is 0 Å². The molecule has 0 bridgehead atoms. The van der Waals surface area contributed by atoms with Crippen LogP contribution < -0.4 is 9.47 Å². The van der Waals surface area contributed by atoms with E-state index >= 15 is 0 Å². The Hall–Kier alpha value is -3.49. The van der Waals surface area contributed by atoms with Crippen LogP contribution in [0.5, 0.6) is 11.5 Å². The maximum atomic E-state index is 12.9. The van der Waals surface area contributed by atoms with Crippen molar-refractivity contribution in [2.45, 2.75) is 0 Å². The Morgan fingerprint density at radius 1 is 1.29 bits per heavy atom. The molecule has 140 valence electrons. The van der Waals surface area contributed by atoms with Gasteiger partial charge in [-0.2, -0.15) is 5.26 Å². The Bertz CT molecular complexity index is 1120. The number of aromatic amines is 1. The number of allylic oxidation sites excluding steroid dienone is 1. The summed E-state index contributed by atoms with van der Waals surface area (Å²) in [6, 6.07) is 12.4. The molecule has 0 aliphatic heterocycles. The lowest BCUT2D eigenvalue weighted by atomic mass is 10.0. The number of nitrogens with zero attached hydrogens (tertiary/aromatic N) is 1. The van der Waals surface area contributed by atoms with Crippen LogP contribution in [-0.2, 0) is 0 Å². The number of rotatable bonds is 7. The molecule has 1 heterocycles. The van der Waals surface area contributed by atoms with Crippen molar-refractivity contribution in [3.63, 3.8) is 0 Å². The smallest absolute Gasteiger partial charge is 0.205 e. The first-order valence-electron chi connectivity index (χ1n) is 8.42. The van der Waals surface area contributed by atoms with Crippen molar-refractivity contribution >= 4 is 34.4 Å². The van der Waals surface area contributed by atoms with Gasteiger partial charge in [0.25, 0.3) is 0 Å². The van der Waals surface area contributed by atoms with E-state index in [4.69, 9.17) is 21.1 Å². The third kappa shape index (κ3) is 3.93.